The molecule has 0 aliphatic heterocycles. The van der Waals surface area contributed by atoms with Gasteiger partial charge in [-0.25, -0.2) is 4.98 Å². The van der Waals surface area contributed by atoms with Gasteiger partial charge in [0.25, 0.3) is 5.91 Å². The molecule has 2 aromatic heterocycles. The molecule has 0 spiro atoms. The number of carbonyl (C=O) groups is 1. The molecule has 2 heterocycles. The van der Waals surface area contributed by atoms with Crippen molar-refractivity contribution in [2.24, 2.45) is 0 Å². The number of likely N-dealkylation sites (N-methyl/N-ethyl adjacent to an activating group) is 1. The van der Waals surface area contributed by atoms with Crippen molar-refractivity contribution in [2.75, 3.05) is 20.2 Å². The van der Waals surface area contributed by atoms with Crippen molar-refractivity contribution in [1.82, 2.24) is 19.9 Å². The molecule has 1 amide bonds. The maximum Gasteiger partial charge on any atom is 0.253 e. The molecule has 0 unspecified atom stereocenters. The van der Waals surface area contributed by atoms with E-state index in [9.17, 15) is 4.79 Å². The molecular weight excluding hydrogens is 364 g/mol. The van der Waals surface area contributed by atoms with Crippen LogP contribution < -0.4 is 4.74 Å². The Bertz CT molecular complexity index is 1140. The maximum atomic E-state index is 12.8. The van der Waals surface area contributed by atoms with E-state index in [-0.39, 0.29) is 5.91 Å². The second-order valence-electron chi connectivity index (χ2n) is 6.87. The number of para-hydroxylation sites is 1. The molecule has 0 aliphatic carbocycles. The average Bonchev–Trinajstić information content (AvgIpc) is 3.18. The minimum atomic E-state index is -0.0609. The zero-order chi connectivity index (χ0) is 20.2. The molecule has 0 saturated carbocycles. The molecule has 4 aromatic rings. The zero-order valence-corrected chi connectivity index (χ0v) is 16.4. The van der Waals surface area contributed by atoms with Gasteiger partial charge in [0.2, 0.25) is 0 Å². The molecule has 6 nitrogen and oxygen atoms in total. The van der Waals surface area contributed by atoms with Crippen LogP contribution in [-0.2, 0) is 0 Å². The number of rotatable bonds is 6. The minimum absolute atomic E-state index is 0.0609. The van der Waals surface area contributed by atoms with Crippen molar-refractivity contribution in [1.29, 1.82) is 0 Å². The summed E-state index contributed by atoms with van der Waals surface area (Å²) in [7, 11) is 1.78. The number of aryl methyl sites for hydroxylation is 1. The summed E-state index contributed by atoms with van der Waals surface area (Å²) in [5, 5.41) is 0. The van der Waals surface area contributed by atoms with Gasteiger partial charge in [-0.1, -0.05) is 24.3 Å². The summed E-state index contributed by atoms with van der Waals surface area (Å²) >= 11 is 0. The third kappa shape index (κ3) is 4.11. The molecule has 4 rings (SSSR count). The van der Waals surface area contributed by atoms with E-state index in [1.807, 2.05) is 61.5 Å². The first-order valence-corrected chi connectivity index (χ1v) is 9.47. The number of hydrogen-bond acceptors (Lipinski definition) is 4. The van der Waals surface area contributed by atoms with Crippen LogP contribution in [0.4, 0.5) is 0 Å². The second kappa shape index (κ2) is 8.14. The topological polar surface area (TPSA) is 71.1 Å². The maximum absolute atomic E-state index is 12.8. The Balaban J connectivity index is 1.44. The van der Waals surface area contributed by atoms with Crippen molar-refractivity contribution >= 4 is 16.9 Å². The van der Waals surface area contributed by atoms with Crippen LogP contribution in [0.2, 0.25) is 0 Å². The largest absolute Gasteiger partial charge is 0.491 e. The number of fused-ring (bicyclic) bond motifs is 1. The van der Waals surface area contributed by atoms with Gasteiger partial charge in [-0.15, -0.1) is 0 Å². The summed E-state index contributed by atoms with van der Waals surface area (Å²) in [6.45, 7) is 2.93. The van der Waals surface area contributed by atoms with E-state index in [0.29, 0.717) is 24.5 Å². The van der Waals surface area contributed by atoms with Crippen molar-refractivity contribution in [3.05, 3.63) is 78.0 Å². The molecule has 1 N–H and O–H groups in total. The fraction of sp³-hybridized carbons (Fsp3) is 0.174. The van der Waals surface area contributed by atoms with Crippen LogP contribution in [0, 0.1) is 6.92 Å². The smallest absolute Gasteiger partial charge is 0.253 e. The summed E-state index contributed by atoms with van der Waals surface area (Å²) in [4.78, 5) is 26.6. The van der Waals surface area contributed by atoms with Gasteiger partial charge in [-0.05, 0) is 48.9 Å². The van der Waals surface area contributed by atoms with Crippen LogP contribution in [0.15, 0.2) is 66.9 Å². The third-order valence-electron chi connectivity index (χ3n) is 4.76. The Morgan fingerprint density at radius 1 is 1.10 bits per heavy atom. The Morgan fingerprint density at radius 3 is 2.72 bits per heavy atom. The number of benzene rings is 2. The zero-order valence-electron chi connectivity index (χ0n) is 16.4. The number of carbonyl (C=O) groups excluding carboxylic acids is 1. The molecule has 0 saturated heterocycles. The lowest BCUT2D eigenvalue weighted by atomic mass is 10.2. The number of nitrogens with zero attached hydrogens (tertiary/aromatic N) is 3. The number of pyridine rings is 1. The molecule has 0 atom stereocenters. The van der Waals surface area contributed by atoms with Gasteiger partial charge in [0.1, 0.15) is 18.1 Å². The van der Waals surface area contributed by atoms with Crippen molar-refractivity contribution in [3.8, 4) is 17.3 Å². The van der Waals surface area contributed by atoms with Crippen LogP contribution in [0.1, 0.15) is 15.9 Å². The van der Waals surface area contributed by atoms with E-state index < -0.39 is 0 Å². The Morgan fingerprint density at radius 2 is 1.93 bits per heavy atom. The van der Waals surface area contributed by atoms with Crippen molar-refractivity contribution in [2.45, 2.75) is 6.92 Å². The normalized spacial score (nSPS) is 10.8. The quantitative estimate of drug-likeness (QED) is 0.542. The number of H-pyrrole nitrogens is 1. The molecule has 146 valence electrons. The SMILES string of the molecule is Cc1ccccc1OCCN(C)C(=O)c1ccc2nc(-c3ccccn3)[nH]c2c1. The lowest BCUT2D eigenvalue weighted by Gasteiger charge is -2.18. The van der Waals surface area contributed by atoms with Gasteiger partial charge < -0.3 is 14.6 Å². The second-order valence-corrected chi connectivity index (χ2v) is 6.87. The predicted molar refractivity (Wildman–Crippen MR) is 113 cm³/mol. The summed E-state index contributed by atoms with van der Waals surface area (Å²) < 4.78 is 5.80. The number of hydrogen-bond donors (Lipinski definition) is 1. The Labute approximate surface area is 169 Å². The summed E-state index contributed by atoms with van der Waals surface area (Å²) in [5.74, 6) is 1.47. The highest BCUT2D eigenvalue weighted by atomic mass is 16.5. The van der Waals surface area contributed by atoms with Crippen LogP contribution in [0.5, 0.6) is 5.75 Å². The first kappa shape index (κ1) is 18.7. The van der Waals surface area contributed by atoms with E-state index in [0.717, 1.165) is 28.0 Å². The van der Waals surface area contributed by atoms with E-state index in [2.05, 4.69) is 15.0 Å². The monoisotopic (exact) mass is 386 g/mol. The fourth-order valence-electron chi connectivity index (χ4n) is 3.10. The molecule has 2 aromatic carbocycles. The predicted octanol–water partition coefficient (Wildman–Crippen LogP) is 4.08. The Hall–Kier alpha value is -3.67. The molecule has 0 aliphatic rings. The standard InChI is InChI=1S/C23H22N4O2/c1-16-7-3-4-9-21(16)29-14-13-27(2)23(28)17-10-11-18-20(15-17)26-22(25-18)19-8-5-6-12-24-19/h3-12,15H,13-14H2,1-2H3,(H,25,26). The van der Waals surface area contributed by atoms with E-state index in [1.165, 1.54) is 0 Å². The van der Waals surface area contributed by atoms with Crippen LogP contribution >= 0.6 is 0 Å². The number of ether oxygens (including phenoxy) is 1. The fourth-order valence-corrected chi connectivity index (χ4v) is 3.10. The van der Waals surface area contributed by atoms with Crippen LogP contribution in [-0.4, -0.2) is 46.0 Å². The number of aromatic nitrogens is 3. The van der Waals surface area contributed by atoms with E-state index >= 15 is 0 Å². The molecular formula is C23H22N4O2. The molecule has 29 heavy (non-hydrogen) atoms. The highest BCUT2D eigenvalue weighted by molar-refractivity contribution is 5.97. The lowest BCUT2D eigenvalue weighted by molar-refractivity contribution is 0.0774. The third-order valence-corrected chi connectivity index (χ3v) is 4.76. The van der Waals surface area contributed by atoms with Gasteiger partial charge in [0.05, 0.1) is 17.6 Å². The molecule has 0 fully saturated rings. The number of imidazole rings is 1. The average molecular weight is 386 g/mol. The van der Waals surface area contributed by atoms with E-state index in [1.54, 1.807) is 24.2 Å². The van der Waals surface area contributed by atoms with E-state index in [4.69, 9.17) is 4.74 Å². The summed E-state index contributed by atoms with van der Waals surface area (Å²) in [6.07, 6.45) is 1.73. The van der Waals surface area contributed by atoms with Crippen LogP contribution in [0.25, 0.3) is 22.6 Å². The summed E-state index contributed by atoms with van der Waals surface area (Å²) in [5.41, 5.74) is 4.05. The summed E-state index contributed by atoms with van der Waals surface area (Å²) in [6, 6.07) is 19.0. The number of amides is 1. The highest BCUT2D eigenvalue weighted by Gasteiger charge is 2.14. The first-order chi connectivity index (χ1) is 14.1. The molecule has 0 bridgehead atoms. The van der Waals surface area contributed by atoms with Gasteiger partial charge in [-0.2, -0.15) is 0 Å². The lowest BCUT2D eigenvalue weighted by Crippen LogP contribution is -2.30. The minimum Gasteiger partial charge on any atom is -0.491 e. The molecule has 6 heteroatoms. The van der Waals surface area contributed by atoms with Gasteiger partial charge >= 0.3 is 0 Å². The van der Waals surface area contributed by atoms with Gasteiger partial charge in [-0.3, -0.25) is 9.78 Å². The number of nitrogens with one attached hydrogen (secondary N) is 1. The Kier molecular flexibility index (Phi) is 5.24. The van der Waals surface area contributed by atoms with Gasteiger partial charge in [0.15, 0.2) is 5.82 Å². The highest BCUT2D eigenvalue weighted by Crippen LogP contribution is 2.20. The number of aromatic amines is 1. The molecule has 0 radical (unpaired) electrons. The van der Waals surface area contributed by atoms with Gasteiger partial charge in [0, 0.05) is 18.8 Å². The van der Waals surface area contributed by atoms with Crippen molar-refractivity contribution in [3.63, 3.8) is 0 Å². The van der Waals surface area contributed by atoms with Crippen molar-refractivity contribution < 1.29 is 9.53 Å². The first-order valence-electron chi connectivity index (χ1n) is 9.47. The van der Waals surface area contributed by atoms with Crippen LogP contribution in [0.3, 0.4) is 0 Å².